The van der Waals surface area contributed by atoms with Crippen LogP contribution in [0, 0.1) is 5.92 Å². The van der Waals surface area contributed by atoms with Crippen molar-refractivity contribution in [2.24, 2.45) is 5.92 Å². The van der Waals surface area contributed by atoms with Gasteiger partial charge in [0.2, 0.25) is 5.28 Å². The van der Waals surface area contributed by atoms with Crippen LogP contribution < -0.4 is 5.32 Å². The van der Waals surface area contributed by atoms with Gasteiger partial charge in [-0.2, -0.15) is 0 Å². The minimum Gasteiger partial charge on any atom is -0.369 e. The smallest absolute Gasteiger partial charge is 0.224 e. The quantitative estimate of drug-likeness (QED) is 0.651. The predicted octanol–water partition coefficient (Wildman–Crippen LogP) is 4.13. The van der Waals surface area contributed by atoms with Crippen molar-refractivity contribution in [3.8, 4) is 0 Å². The summed E-state index contributed by atoms with van der Waals surface area (Å²) < 4.78 is 0. The first-order valence-electron chi connectivity index (χ1n) is 6.33. The van der Waals surface area contributed by atoms with E-state index < -0.39 is 0 Å². The number of nitrogens with one attached hydrogen (secondary N) is 1. The number of rotatable bonds is 5. The maximum Gasteiger partial charge on any atom is 0.224 e. The molecule has 0 aliphatic heterocycles. The standard InChI is InChI=1S/C14H18ClN3/c1-10(2)6-5-9-16-13-11-7-3-4-8-12(11)17-14(15)18-13/h3-4,7-8,10H,5-6,9H2,1-2H3,(H,16,17,18). The van der Waals surface area contributed by atoms with E-state index in [2.05, 4.69) is 29.1 Å². The van der Waals surface area contributed by atoms with Crippen LogP contribution in [0.2, 0.25) is 5.28 Å². The van der Waals surface area contributed by atoms with Crippen LogP contribution in [0.5, 0.6) is 0 Å². The molecule has 1 aromatic carbocycles. The molecule has 1 N–H and O–H groups in total. The molecule has 3 nitrogen and oxygen atoms in total. The van der Waals surface area contributed by atoms with E-state index in [1.807, 2.05) is 24.3 Å². The summed E-state index contributed by atoms with van der Waals surface area (Å²) in [5.41, 5.74) is 0.879. The molecule has 0 bridgehead atoms. The number of halogens is 1. The van der Waals surface area contributed by atoms with Gasteiger partial charge < -0.3 is 5.32 Å². The van der Waals surface area contributed by atoms with E-state index in [0.717, 1.165) is 35.6 Å². The second kappa shape index (κ2) is 6.01. The molecule has 96 valence electrons. The molecule has 0 fully saturated rings. The monoisotopic (exact) mass is 263 g/mol. The van der Waals surface area contributed by atoms with Crippen molar-refractivity contribution in [2.45, 2.75) is 26.7 Å². The Hall–Kier alpha value is -1.35. The molecule has 18 heavy (non-hydrogen) atoms. The Labute approximate surface area is 113 Å². The van der Waals surface area contributed by atoms with Gasteiger partial charge in [-0.1, -0.05) is 26.0 Å². The summed E-state index contributed by atoms with van der Waals surface area (Å²) in [5.74, 6) is 1.56. The van der Waals surface area contributed by atoms with Gasteiger partial charge in [0.15, 0.2) is 0 Å². The normalized spacial score (nSPS) is 11.1. The third-order valence-corrected chi connectivity index (χ3v) is 3.00. The van der Waals surface area contributed by atoms with Gasteiger partial charge in [0.25, 0.3) is 0 Å². The van der Waals surface area contributed by atoms with E-state index in [0.29, 0.717) is 5.28 Å². The molecule has 1 aromatic heterocycles. The largest absolute Gasteiger partial charge is 0.369 e. The molecule has 0 aliphatic rings. The zero-order valence-corrected chi connectivity index (χ0v) is 11.5. The van der Waals surface area contributed by atoms with Gasteiger partial charge in [-0.3, -0.25) is 0 Å². The Morgan fingerprint density at radius 2 is 2.00 bits per heavy atom. The molecule has 0 atom stereocenters. The Balaban J connectivity index is 2.12. The average molecular weight is 264 g/mol. The molecule has 0 spiro atoms. The lowest BCUT2D eigenvalue weighted by molar-refractivity contribution is 0.567. The minimum atomic E-state index is 0.292. The zero-order valence-electron chi connectivity index (χ0n) is 10.8. The fourth-order valence-electron chi connectivity index (χ4n) is 1.90. The van der Waals surface area contributed by atoms with Crippen molar-refractivity contribution < 1.29 is 0 Å². The van der Waals surface area contributed by atoms with Crippen molar-refractivity contribution in [2.75, 3.05) is 11.9 Å². The summed E-state index contributed by atoms with van der Waals surface area (Å²) in [4.78, 5) is 8.47. The van der Waals surface area contributed by atoms with E-state index >= 15 is 0 Å². The minimum absolute atomic E-state index is 0.292. The maximum absolute atomic E-state index is 5.92. The number of para-hydroxylation sites is 1. The second-order valence-electron chi connectivity index (χ2n) is 4.82. The summed E-state index contributed by atoms with van der Waals surface area (Å²) in [7, 11) is 0. The Morgan fingerprint density at radius 3 is 2.78 bits per heavy atom. The molecule has 0 amide bonds. The lowest BCUT2D eigenvalue weighted by Gasteiger charge is -2.09. The van der Waals surface area contributed by atoms with Crippen molar-refractivity contribution in [1.82, 2.24) is 9.97 Å². The van der Waals surface area contributed by atoms with E-state index in [4.69, 9.17) is 11.6 Å². The number of hydrogen-bond donors (Lipinski definition) is 1. The summed E-state index contributed by atoms with van der Waals surface area (Å²) >= 11 is 5.92. The highest BCUT2D eigenvalue weighted by Crippen LogP contribution is 2.21. The van der Waals surface area contributed by atoms with Crippen LogP contribution in [0.4, 0.5) is 5.82 Å². The molecule has 0 aliphatic carbocycles. The van der Waals surface area contributed by atoms with Gasteiger partial charge in [-0.25, -0.2) is 9.97 Å². The number of aromatic nitrogens is 2. The van der Waals surface area contributed by atoms with Crippen molar-refractivity contribution in [3.05, 3.63) is 29.5 Å². The highest BCUT2D eigenvalue weighted by Gasteiger charge is 2.05. The third-order valence-electron chi connectivity index (χ3n) is 2.83. The van der Waals surface area contributed by atoms with Crippen LogP contribution in [-0.2, 0) is 0 Å². The number of hydrogen-bond acceptors (Lipinski definition) is 3. The van der Waals surface area contributed by atoms with Gasteiger partial charge in [-0.15, -0.1) is 0 Å². The van der Waals surface area contributed by atoms with Crippen molar-refractivity contribution in [3.63, 3.8) is 0 Å². The van der Waals surface area contributed by atoms with Gasteiger partial charge in [0, 0.05) is 11.9 Å². The topological polar surface area (TPSA) is 37.8 Å². The molecule has 0 radical (unpaired) electrons. The third kappa shape index (κ3) is 3.33. The first kappa shape index (κ1) is 13.1. The first-order chi connectivity index (χ1) is 8.66. The van der Waals surface area contributed by atoms with Crippen LogP contribution >= 0.6 is 11.6 Å². The van der Waals surface area contributed by atoms with E-state index in [9.17, 15) is 0 Å². The molecule has 2 aromatic rings. The number of nitrogens with zero attached hydrogens (tertiary/aromatic N) is 2. The van der Waals surface area contributed by atoms with E-state index in [-0.39, 0.29) is 0 Å². The van der Waals surface area contributed by atoms with Gasteiger partial charge in [0.1, 0.15) is 5.82 Å². The Bertz CT molecular complexity index is 525. The molecular formula is C14H18ClN3. The predicted molar refractivity (Wildman–Crippen MR) is 77.1 cm³/mol. The Morgan fingerprint density at radius 1 is 1.22 bits per heavy atom. The summed E-state index contributed by atoms with van der Waals surface area (Å²) in [6, 6.07) is 7.89. The fraction of sp³-hybridized carbons (Fsp3) is 0.429. The summed E-state index contributed by atoms with van der Waals surface area (Å²) in [6.45, 7) is 5.38. The van der Waals surface area contributed by atoms with Crippen LogP contribution in [0.1, 0.15) is 26.7 Å². The highest BCUT2D eigenvalue weighted by molar-refractivity contribution is 6.28. The van der Waals surface area contributed by atoms with Crippen molar-refractivity contribution >= 4 is 28.3 Å². The summed E-state index contributed by atoms with van der Waals surface area (Å²) in [6.07, 6.45) is 2.34. The van der Waals surface area contributed by atoms with Crippen molar-refractivity contribution in [1.29, 1.82) is 0 Å². The molecule has 0 unspecified atom stereocenters. The summed E-state index contributed by atoms with van der Waals surface area (Å²) in [5, 5.41) is 4.66. The maximum atomic E-state index is 5.92. The number of fused-ring (bicyclic) bond motifs is 1. The van der Waals surface area contributed by atoms with Gasteiger partial charge >= 0.3 is 0 Å². The van der Waals surface area contributed by atoms with E-state index in [1.54, 1.807) is 0 Å². The van der Waals surface area contributed by atoms with Gasteiger partial charge in [0.05, 0.1) is 5.52 Å². The fourth-order valence-corrected chi connectivity index (χ4v) is 2.08. The lowest BCUT2D eigenvalue weighted by Crippen LogP contribution is -2.06. The molecule has 4 heteroatoms. The molecule has 1 heterocycles. The molecular weight excluding hydrogens is 246 g/mol. The molecule has 0 saturated carbocycles. The highest BCUT2D eigenvalue weighted by atomic mass is 35.5. The SMILES string of the molecule is CC(C)CCCNc1nc(Cl)nc2ccccc12. The second-order valence-corrected chi connectivity index (χ2v) is 5.16. The lowest BCUT2D eigenvalue weighted by atomic mass is 10.1. The number of anilines is 1. The first-order valence-corrected chi connectivity index (χ1v) is 6.71. The van der Waals surface area contributed by atoms with Crippen LogP contribution in [-0.4, -0.2) is 16.5 Å². The van der Waals surface area contributed by atoms with Crippen LogP contribution in [0.3, 0.4) is 0 Å². The van der Waals surface area contributed by atoms with E-state index in [1.165, 1.54) is 6.42 Å². The average Bonchev–Trinajstić information content (AvgIpc) is 2.34. The zero-order chi connectivity index (χ0) is 13.0. The Kier molecular flexibility index (Phi) is 4.37. The van der Waals surface area contributed by atoms with Crippen LogP contribution in [0.25, 0.3) is 10.9 Å². The number of benzene rings is 1. The molecule has 0 saturated heterocycles. The van der Waals surface area contributed by atoms with Gasteiger partial charge in [-0.05, 0) is 42.5 Å². The van der Waals surface area contributed by atoms with Crippen LogP contribution in [0.15, 0.2) is 24.3 Å². The molecule has 2 rings (SSSR count).